The van der Waals surface area contributed by atoms with Crippen LogP contribution in [-0.4, -0.2) is 13.1 Å². The van der Waals surface area contributed by atoms with Gasteiger partial charge in [0.15, 0.2) is 0 Å². The summed E-state index contributed by atoms with van der Waals surface area (Å²) < 4.78 is 0. The number of benzene rings is 3. The standard InChI is InChI=1S/C16H14N2/c1-2-4-12-10-14-13(9-11(12)3-1)5-6-15-16(14)18-8-7-17-15/h1-6,9-10,17-18H,7-8H2. The van der Waals surface area contributed by atoms with Crippen LogP contribution in [0.4, 0.5) is 11.4 Å². The van der Waals surface area contributed by atoms with Crippen molar-refractivity contribution in [1.29, 1.82) is 0 Å². The highest BCUT2D eigenvalue weighted by Crippen LogP contribution is 2.35. The molecule has 0 aromatic heterocycles. The molecule has 0 atom stereocenters. The third-order valence-electron chi connectivity index (χ3n) is 3.63. The van der Waals surface area contributed by atoms with Crippen LogP contribution in [0.3, 0.4) is 0 Å². The van der Waals surface area contributed by atoms with Crippen molar-refractivity contribution in [1.82, 2.24) is 0 Å². The van der Waals surface area contributed by atoms with Crippen LogP contribution in [0.5, 0.6) is 0 Å². The Morgan fingerprint density at radius 2 is 1.50 bits per heavy atom. The Labute approximate surface area is 106 Å². The zero-order valence-electron chi connectivity index (χ0n) is 10.0. The van der Waals surface area contributed by atoms with Crippen molar-refractivity contribution in [3.63, 3.8) is 0 Å². The van der Waals surface area contributed by atoms with Gasteiger partial charge >= 0.3 is 0 Å². The number of nitrogens with one attached hydrogen (secondary N) is 2. The van der Waals surface area contributed by atoms with Gasteiger partial charge in [-0.15, -0.1) is 0 Å². The van der Waals surface area contributed by atoms with E-state index in [-0.39, 0.29) is 0 Å². The summed E-state index contributed by atoms with van der Waals surface area (Å²) >= 11 is 0. The molecule has 3 aromatic rings. The minimum Gasteiger partial charge on any atom is -0.382 e. The number of fused-ring (bicyclic) bond motifs is 4. The van der Waals surface area contributed by atoms with Crippen molar-refractivity contribution >= 4 is 32.9 Å². The van der Waals surface area contributed by atoms with E-state index >= 15 is 0 Å². The summed E-state index contributed by atoms with van der Waals surface area (Å²) in [4.78, 5) is 0. The van der Waals surface area contributed by atoms with Gasteiger partial charge < -0.3 is 10.6 Å². The summed E-state index contributed by atoms with van der Waals surface area (Å²) in [5, 5.41) is 12.1. The average Bonchev–Trinajstić information content (AvgIpc) is 2.45. The normalized spacial score (nSPS) is 14.0. The highest BCUT2D eigenvalue weighted by molar-refractivity contribution is 6.07. The molecule has 0 saturated heterocycles. The van der Waals surface area contributed by atoms with E-state index in [0.717, 1.165) is 13.1 Å². The molecule has 0 radical (unpaired) electrons. The first-order chi connectivity index (χ1) is 8.92. The van der Waals surface area contributed by atoms with Gasteiger partial charge in [-0.05, 0) is 34.4 Å². The first kappa shape index (κ1) is 9.77. The lowest BCUT2D eigenvalue weighted by Gasteiger charge is -2.21. The highest BCUT2D eigenvalue weighted by Gasteiger charge is 2.11. The molecule has 18 heavy (non-hydrogen) atoms. The predicted octanol–water partition coefficient (Wildman–Crippen LogP) is 3.83. The fourth-order valence-corrected chi connectivity index (χ4v) is 2.74. The van der Waals surface area contributed by atoms with Crippen molar-refractivity contribution in [2.24, 2.45) is 0 Å². The number of hydrogen-bond donors (Lipinski definition) is 2. The lowest BCUT2D eigenvalue weighted by molar-refractivity contribution is 1.05. The topological polar surface area (TPSA) is 24.1 Å². The van der Waals surface area contributed by atoms with E-state index in [9.17, 15) is 0 Å². The molecule has 88 valence electrons. The summed E-state index contributed by atoms with van der Waals surface area (Å²) in [7, 11) is 0. The first-order valence-corrected chi connectivity index (χ1v) is 6.35. The Morgan fingerprint density at radius 3 is 2.39 bits per heavy atom. The van der Waals surface area contributed by atoms with Gasteiger partial charge in [0, 0.05) is 18.5 Å². The largest absolute Gasteiger partial charge is 0.382 e. The van der Waals surface area contributed by atoms with Gasteiger partial charge in [-0.2, -0.15) is 0 Å². The Bertz CT molecular complexity index is 747. The fourth-order valence-electron chi connectivity index (χ4n) is 2.74. The van der Waals surface area contributed by atoms with Gasteiger partial charge in [-0.1, -0.05) is 30.3 Å². The Hall–Kier alpha value is -2.22. The molecule has 0 spiro atoms. The van der Waals surface area contributed by atoms with Crippen LogP contribution in [0, 0.1) is 0 Å². The van der Waals surface area contributed by atoms with Crippen molar-refractivity contribution in [2.75, 3.05) is 23.7 Å². The SMILES string of the molecule is c1ccc2cc3c4c(ccc3cc2c1)NCCN4. The zero-order valence-corrected chi connectivity index (χ0v) is 10.0. The van der Waals surface area contributed by atoms with Gasteiger partial charge in [0.05, 0.1) is 11.4 Å². The molecule has 4 rings (SSSR count). The smallest absolute Gasteiger partial charge is 0.0656 e. The average molecular weight is 234 g/mol. The van der Waals surface area contributed by atoms with E-state index in [1.54, 1.807) is 0 Å². The van der Waals surface area contributed by atoms with Crippen molar-refractivity contribution in [2.45, 2.75) is 0 Å². The second-order valence-corrected chi connectivity index (χ2v) is 4.76. The van der Waals surface area contributed by atoms with Gasteiger partial charge in [0.1, 0.15) is 0 Å². The molecule has 0 amide bonds. The molecule has 1 heterocycles. The molecule has 0 bridgehead atoms. The van der Waals surface area contributed by atoms with Crippen LogP contribution in [0.2, 0.25) is 0 Å². The monoisotopic (exact) mass is 234 g/mol. The van der Waals surface area contributed by atoms with Crippen molar-refractivity contribution in [3.05, 3.63) is 48.5 Å². The lowest BCUT2D eigenvalue weighted by Crippen LogP contribution is -2.20. The van der Waals surface area contributed by atoms with Crippen LogP contribution in [0.25, 0.3) is 21.5 Å². The van der Waals surface area contributed by atoms with Crippen molar-refractivity contribution in [3.8, 4) is 0 Å². The number of anilines is 2. The molecule has 3 aromatic carbocycles. The number of hydrogen-bond acceptors (Lipinski definition) is 2. The maximum absolute atomic E-state index is 3.51. The quantitative estimate of drug-likeness (QED) is 0.578. The zero-order chi connectivity index (χ0) is 11.9. The molecule has 1 aliphatic heterocycles. The molecule has 1 aliphatic rings. The van der Waals surface area contributed by atoms with Gasteiger partial charge in [-0.25, -0.2) is 0 Å². The molecule has 0 aliphatic carbocycles. The second-order valence-electron chi connectivity index (χ2n) is 4.76. The maximum atomic E-state index is 3.51. The minimum atomic E-state index is 0.985. The predicted molar refractivity (Wildman–Crippen MR) is 78.4 cm³/mol. The van der Waals surface area contributed by atoms with Crippen LogP contribution >= 0.6 is 0 Å². The third-order valence-corrected chi connectivity index (χ3v) is 3.63. The van der Waals surface area contributed by atoms with Crippen LogP contribution in [-0.2, 0) is 0 Å². The van der Waals surface area contributed by atoms with Gasteiger partial charge in [-0.3, -0.25) is 0 Å². The van der Waals surface area contributed by atoms with Gasteiger partial charge in [0.25, 0.3) is 0 Å². The molecular weight excluding hydrogens is 220 g/mol. The van der Waals surface area contributed by atoms with Crippen LogP contribution in [0.15, 0.2) is 48.5 Å². The molecule has 0 fully saturated rings. The van der Waals surface area contributed by atoms with E-state index in [1.807, 2.05) is 0 Å². The minimum absolute atomic E-state index is 0.985. The fraction of sp³-hybridized carbons (Fsp3) is 0.125. The number of rotatable bonds is 0. The Balaban J connectivity index is 2.11. The highest BCUT2D eigenvalue weighted by atomic mass is 15.0. The van der Waals surface area contributed by atoms with Crippen LogP contribution in [0.1, 0.15) is 0 Å². The van der Waals surface area contributed by atoms with Crippen molar-refractivity contribution < 1.29 is 0 Å². The maximum Gasteiger partial charge on any atom is 0.0656 e. The lowest BCUT2D eigenvalue weighted by atomic mass is 10.0. The summed E-state index contributed by atoms with van der Waals surface area (Å²) in [6.45, 7) is 1.98. The molecule has 0 saturated carbocycles. The van der Waals surface area contributed by atoms with Crippen LogP contribution < -0.4 is 10.6 Å². The summed E-state index contributed by atoms with van der Waals surface area (Å²) in [6, 6.07) is 17.4. The third kappa shape index (κ3) is 1.35. The van der Waals surface area contributed by atoms with E-state index < -0.39 is 0 Å². The van der Waals surface area contributed by atoms with Gasteiger partial charge in [0.2, 0.25) is 0 Å². The molecule has 2 nitrogen and oxygen atoms in total. The molecule has 0 unspecified atom stereocenters. The van der Waals surface area contributed by atoms with E-state index in [2.05, 4.69) is 59.2 Å². The summed E-state index contributed by atoms with van der Waals surface area (Å²) in [5.74, 6) is 0. The van der Waals surface area contributed by atoms with E-state index in [0.29, 0.717) is 0 Å². The molecule has 2 N–H and O–H groups in total. The summed E-state index contributed by atoms with van der Waals surface area (Å²) in [5.41, 5.74) is 2.45. The molecular formula is C16H14N2. The summed E-state index contributed by atoms with van der Waals surface area (Å²) in [6.07, 6.45) is 0. The first-order valence-electron chi connectivity index (χ1n) is 6.35. The van der Waals surface area contributed by atoms with E-state index in [4.69, 9.17) is 0 Å². The van der Waals surface area contributed by atoms with E-state index in [1.165, 1.54) is 32.9 Å². The molecule has 2 heteroatoms. The Morgan fingerprint density at radius 1 is 0.722 bits per heavy atom. The Kier molecular flexibility index (Phi) is 1.97. The second kappa shape index (κ2) is 3.64.